The molecule has 0 radical (unpaired) electrons. The fourth-order valence-electron chi connectivity index (χ4n) is 2.17. The molecular weight excluding hydrogens is 240 g/mol. The van der Waals surface area contributed by atoms with Crippen molar-refractivity contribution in [1.29, 1.82) is 0 Å². The molecule has 1 aromatic carbocycles. The molecule has 0 spiro atoms. The number of benzene rings is 1. The van der Waals surface area contributed by atoms with Gasteiger partial charge in [0.05, 0.1) is 6.20 Å². The van der Waals surface area contributed by atoms with Crippen molar-refractivity contribution in [1.82, 2.24) is 14.7 Å². The summed E-state index contributed by atoms with van der Waals surface area (Å²) < 4.78 is 1.60. The summed E-state index contributed by atoms with van der Waals surface area (Å²) in [5, 5.41) is 14.6. The van der Waals surface area contributed by atoms with Gasteiger partial charge in [0, 0.05) is 30.3 Å². The molecule has 0 amide bonds. The number of phenolic OH excluding ortho intramolecular Hbond substituents is 1. The molecule has 5 heteroatoms. The van der Waals surface area contributed by atoms with Crippen LogP contribution in [0.1, 0.15) is 11.1 Å². The number of hydrogen-bond acceptors (Lipinski definition) is 4. The Bertz CT molecular complexity index is 602. The van der Waals surface area contributed by atoms with Crippen molar-refractivity contribution in [3.8, 4) is 16.9 Å². The second-order valence-electron chi connectivity index (χ2n) is 5.13. The summed E-state index contributed by atoms with van der Waals surface area (Å²) in [5.74, 6) is 0.829. The van der Waals surface area contributed by atoms with Crippen LogP contribution in [-0.4, -0.2) is 33.9 Å². The first kappa shape index (κ1) is 13.4. The minimum Gasteiger partial charge on any atom is -0.507 e. The molecule has 0 aliphatic carbocycles. The maximum absolute atomic E-state index is 10.4. The summed E-state index contributed by atoms with van der Waals surface area (Å²) in [6.45, 7) is 2.69. The van der Waals surface area contributed by atoms with E-state index in [1.165, 1.54) is 0 Å². The van der Waals surface area contributed by atoms with Gasteiger partial charge in [-0.3, -0.25) is 4.68 Å². The van der Waals surface area contributed by atoms with E-state index >= 15 is 0 Å². The second-order valence-corrected chi connectivity index (χ2v) is 5.13. The number of nitrogens with zero attached hydrogens (tertiary/aromatic N) is 3. The lowest BCUT2D eigenvalue weighted by atomic mass is 10.00. The van der Waals surface area contributed by atoms with E-state index in [0.29, 0.717) is 12.4 Å². The fourth-order valence-corrected chi connectivity index (χ4v) is 2.17. The van der Waals surface area contributed by atoms with Gasteiger partial charge in [0.1, 0.15) is 11.6 Å². The van der Waals surface area contributed by atoms with Crippen molar-refractivity contribution in [2.24, 2.45) is 7.05 Å². The largest absolute Gasteiger partial charge is 0.507 e. The molecule has 19 heavy (non-hydrogen) atoms. The maximum atomic E-state index is 10.4. The molecule has 0 saturated heterocycles. The number of nitrogens with two attached hydrogens (primary N) is 1. The standard InChI is InChI=1S/C14H20N4O/c1-9-5-10(8-17(2)3)13(19)11(6-9)12-7-16-18(4)14(12)15/h5-7,19H,8,15H2,1-4H3. The van der Waals surface area contributed by atoms with Crippen LogP contribution in [-0.2, 0) is 13.6 Å². The van der Waals surface area contributed by atoms with Gasteiger partial charge in [-0.1, -0.05) is 6.07 Å². The first-order chi connectivity index (χ1) is 8.90. The third-order valence-corrected chi connectivity index (χ3v) is 3.09. The fraction of sp³-hybridized carbons (Fsp3) is 0.357. The highest BCUT2D eigenvalue weighted by Gasteiger charge is 2.15. The molecule has 2 rings (SSSR count). The Hall–Kier alpha value is -2.01. The van der Waals surface area contributed by atoms with Crippen LogP contribution in [0, 0.1) is 6.92 Å². The van der Waals surface area contributed by atoms with Crippen molar-refractivity contribution in [3.63, 3.8) is 0 Å². The van der Waals surface area contributed by atoms with E-state index in [9.17, 15) is 5.11 Å². The molecule has 0 bridgehead atoms. The van der Waals surface area contributed by atoms with Crippen molar-refractivity contribution in [3.05, 3.63) is 29.5 Å². The predicted molar refractivity (Wildman–Crippen MR) is 76.8 cm³/mol. The van der Waals surface area contributed by atoms with Crippen molar-refractivity contribution >= 4 is 5.82 Å². The van der Waals surface area contributed by atoms with Gasteiger partial charge in [0.15, 0.2) is 0 Å². The van der Waals surface area contributed by atoms with Crippen LogP contribution in [0.25, 0.3) is 11.1 Å². The summed E-state index contributed by atoms with van der Waals surface area (Å²) in [4.78, 5) is 2.02. The second kappa shape index (κ2) is 4.93. The molecule has 0 aliphatic rings. The first-order valence-corrected chi connectivity index (χ1v) is 6.15. The Morgan fingerprint density at radius 2 is 2.00 bits per heavy atom. The van der Waals surface area contributed by atoms with Crippen molar-refractivity contribution < 1.29 is 5.11 Å². The molecule has 5 nitrogen and oxygen atoms in total. The van der Waals surface area contributed by atoms with Crippen LogP contribution in [0.3, 0.4) is 0 Å². The number of rotatable bonds is 3. The quantitative estimate of drug-likeness (QED) is 0.882. The zero-order chi connectivity index (χ0) is 14.2. The number of aromatic hydroxyl groups is 1. The van der Waals surface area contributed by atoms with Gasteiger partial charge in [0.25, 0.3) is 0 Å². The van der Waals surface area contributed by atoms with Gasteiger partial charge in [-0.05, 0) is 32.6 Å². The zero-order valence-electron chi connectivity index (χ0n) is 11.8. The minimum absolute atomic E-state index is 0.277. The van der Waals surface area contributed by atoms with Crippen LogP contribution in [0.15, 0.2) is 18.3 Å². The molecule has 3 N–H and O–H groups in total. The summed E-state index contributed by atoms with van der Waals surface area (Å²) in [7, 11) is 5.73. The van der Waals surface area contributed by atoms with E-state index in [1.54, 1.807) is 17.9 Å². The molecule has 2 aromatic rings. The molecule has 0 saturated carbocycles. The summed E-state index contributed by atoms with van der Waals surface area (Å²) in [6.07, 6.45) is 1.68. The normalized spacial score (nSPS) is 11.2. The number of aryl methyl sites for hydroxylation is 2. The van der Waals surface area contributed by atoms with Crippen LogP contribution >= 0.6 is 0 Å². The lowest BCUT2D eigenvalue weighted by Gasteiger charge is -2.15. The van der Waals surface area contributed by atoms with Crippen LogP contribution < -0.4 is 5.73 Å². The summed E-state index contributed by atoms with van der Waals surface area (Å²) in [5.41, 5.74) is 9.47. The van der Waals surface area contributed by atoms with Crippen LogP contribution in [0.4, 0.5) is 5.82 Å². The van der Waals surface area contributed by atoms with Crippen molar-refractivity contribution in [2.45, 2.75) is 13.5 Å². The highest BCUT2D eigenvalue weighted by atomic mass is 16.3. The van der Waals surface area contributed by atoms with E-state index < -0.39 is 0 Å². The lowest BCUT2D eigenvalue weighted by molar-refractivity contribution is 0.386. The Morgan fingerprint density at radius 3 is 2.53 bits per heavy atom. The summed E-state index contributed by atoms with van der Waals surface area (Å²) >= 11 is 0. The third kappa shape index (κ3) is 2.56. The first-order valence-electron chi connectivity index (χ1n) is 6.15. The minimum atomic E-state index is 0.277. The molecule has 0 fully saturated rings. The van der Waals surface area contributed by atoms with Crippen LogP contribution in [0.2, 0.25) is 0 Å². The van der Waals surface area contributed by atoms with Crippen LogP contribution in [0.5, 0.6) is 5.75 Å². The molecule has 0 atom stereocenters. The van der Waals surface area contributed by atoms with E-state index in [-0.39, 0.29) is 5.75 Å². The SMILES string of the molecule is Cc1cc(CN(C)C)c(O)c(-c2cnn(C)c2N)c1. The van der Waals surface area contributed by atoms with E-state index in [4.69, 9.17) is 5.73 Å². The monoisotopic (exact) mass is 260 g/mol. The van der Waals surface area contributed by atoms with Gasteiger partial charge in [-0.15, -0.1) is 0 Å². The molecule has 0 aliphatic heterocycles. The Morgan fingerprint density at radius 1 is 1.32 bits per heavy atom. The third-order valence-electron chi connectivity index (χ3n) is 3.09. The van der Waals surface area contributed by atoms with Gasteiger partial charge in [-0.2, -0.15) is 5.10 Å². The van der Waals surface area contributed by atoms with E-state index in [2.05, 4.69) is 5.10 Å². The molecular formula is C14H20N4O. The smallest absolute Gasteiger partial charge is 0.129 e. The number of anilines is 1. The number of phenols is 1. The predicted octanol–water partition coefficient (Wildman–Crippen LogP) is 1.74. The maximum Gasteiger partial charge on any atom is 0.129 e. The molecule has 1 aromatic heterocycles. The number of nitrogen functional groups attached to an aromatic ring is 1. The highest BCUT2D eigenvalue weighted by Crippen LogP contribution is 2.36. The average Bonchev–Trinajstić information content (AvgIpc) is 2.64. The Balaban J connectivity index is 2.57. The van der Waals surface area contributed by atoms with E-state index in [0.717, 1.165) is 22.3 Å². The van der Waals surface area contributed by atoms with E-state index in [1.807, 2.05) is 38.1 Å². The van der Waals surface area contributed by atoms with Gasteiger partial charge < -0.3 is 15.7 Å². The Kier molecular flexibility index (Phi) is 3.48. The summed E-state index contributed by atoms with van der Waals surface area (Å²) in [6, 6.07) is 3.92. The number of aromatic nitrogens is 2. The molecule has 1 heterocycles. The topological polar surface area (TPSA) is 67.3 Å². The Labute approximate surface area is 113 Å². The lowest BCUT2D eigenvalue weighted by Crippen LogP contribution is -2.11. The van der Waals surface area contributed by atoms with Crippen molar-refractivity contribution in [2.75, 3.05) is 19.8 Å². The average molecular weight is 260 g/mol. The van der Waals surface area contributed by atoms with Gasteiger partial charge in [0.2, 0.25) is 0 Å². The number of hydrogen-bond donors (Lipinski definition) is 2. The molecule has 0 unspecified atom stereocenters. The zero-order valence-corrected chi connectivity index (χ0v) is 11.8. The van der Waals surface area contributed by atoms with Gasteiger partial charge >= 0.3 is 0 Å². The molecule has 102 valence electrons. The highest BCUT2D eigenvalue weighted by molar-refractivity contribution is 5.79. The van der Waals surface area contributed by atoms with Gasteiger partial charge in [-0.25, -0.2) is 0 Å².